The maximum absolute atomic E-state index is 3.58. The van der Waals surface area contributed by atoms with Crippen LogP contribution in [0.2, 0.25) is 0 Å². The molecule has 0 aromatic heterocycles. The minimum Gasteiger partial charge on any atom is -0.310 e. The Kier molecular flexibility index (Phi) is 3.24. The Hall–Kier alpha value is -0.340. The van der Waals surface area contributed by atoms with Crippen LogP contribution in [0.3, 0.4) is 0 Å². The lowest BCUT2D eigenvalue weighted by atomic mass is 9.97. The van der Waals surface area contributed by atoms with Gasteiger partial charge in [0.2, 0.25) is 0 Å². The first-order valence-corrected chi connectivity index (χ1v) is 6.06. The summed E-state index contributed by atoms with van der Waals surface area (Å²) in [6, 6.07) is 7.25. The van der Waals surface area contributed by atoms with Gasteiger partial charge in [0.05, 0.1) is 0 Å². The molecule has 1 atom stereocenters. The number of rotatable bonds is 1. The molecule has 1 N–H and O–H groups in total. The molecule has 1 saturated heterocycles. The fourth-order valence-electron chi connectivity index (χ4n) is 1.96. The number of piperidine rings is 1. The summed E-state index contributed by atoms with van der Waals surface area (Å²) < 4.78 is 1.22. The van der Waals surface area contributed by atoms with Crippen molar-refractivity contribution in [2.45, 2.75) is 32.2 Å². The Morgan fingerprint density at radius 3 is 2.86 bits per heavy atom. The molecule has 0 radical (unpaired) electrons. The number of benzene rings is 1. The third kappa shape index (κ3) is 2.18. The fraction of sp³-hybridized carbons (Fsp3) is 0.500. The summed E-state index contributed by atoms with van der Waals surface area (Å²) >= 11 is 3.58. The molecule has 0 amide bonds. The van der Waals surface area contributed by atoms with Gasteiger partial charge in [-0.3, -0.25) is 0 Å². The van der Waals surface area contributed by atoms with Gasteiger partial charge >= 0.3 is 0 Å². The van der Waals surface area contributed by atoms with E-state index in [9.17, 15) is 0 Å². The van der Waals surface area contributed by atoms with Crippen LogP contribution in [0, 0.1) is 6.92 Å². The first-order valence-electron chi connectivity index (χ1n) is 5.27. The molecular formula is C12H16BrN. The van der Waals surface area contributed by atoms with E-state index in [1.165, 1.54) is 34.9 Å². The molecule has 1 aliphatic rings. The van der Waals surface area contributed by atoms with Gasteiger partial charge in [0, 0.05) is 10.5 Å². The van der Waals surface area contributed by atoms with E-state index in [0.29, 0.717) is 6.04 Å². The molecule has 1 aromatic carbocycles. The van der Waals surface area contributed by atoms with Gasteiger partial charge in [-0.1, -0.05) is 34.5 Å². The van der Waals surface area contributed by atoms with Gasteiger partial charge in [-0.05, 0) is 43.5 Å². The van der Waals surface area contributed by atoms with Gasteiger partial charge in [0.15, 0.2) is 0 Å². The van der Waals surface area contributed by atoms with Crippen molar-refractivity contribution < 1.29 is 0 Å². The second-order valence-electron chi connectivity index (χ2n) is 4.01. The van der Waals surface area contributed by atoms with Crippen molar-refractivity contribution in [2.75, 3.05) is 6.54 Å². The van der Waals surface area contributed by atoms with E-state index >= 15 is 0 Å². The quantitative estimate of drug-likeness (QED) is 0.807. The van der Waals surface area contributed by atoms with Crippen molar-refractivity contribution in [1.82, 2.24) is 5.32 Å². The third-order valence-corrected chi connectivity index (χ3v) is 3.76. The summed E-state index contributed by atoms with van der Waals surface area (Å²) in [4.78, 5) is 0. The number of aryl methyl sites for hydroxylation is 1. The highest BCUT2D eigenvalue weighted by molar-refractivity contribution is 9.10. The Morgan fingerprint density at radius 2 is 2.21 bits per heavy atom. The predicted molar refractivity (Wildman–Crippen MR) is 63.5 cm³/mol. The second-order valence-corrected chi connectivity index (χ2v) is 4.87. The van der Waals surface area contributed by atoms with E-state index in [1.54, 1.807) is 0 Å². The summed E-state index contributed by atoms with van der Waals surface area (Å²) in [5.41, 5.74) is 2.73. The zero-order chi connectivity index (χ0) is 9.97. The molecule has 0 bridgehead atoms. The smallest absolute Gasteiger partial charge is 0.0320 e. The molecule has 2 heteroatoms. The van der Waals surface area contributed by atoms with Crippen LogP contribution in [0.5, 0.6) is 0 Å². The second kappa shape index (κ2) is 4.45. The Morgan fingerprint density at radius 1 is 1.36 bits per heavy atom. The van der Waals surface area contributed by atoms with Crippen LogP contribution in [-0.2, 0) is 0 Å². The standard InChI is InChI=1S/C12H16BrN/c1-9-5-6-10(8-11(9)13)12-4-2-3-7-14-12/h5-6,8,12,14H,2-4,7H2,1H3/t12-/m1/s1. The summed E-state index contributed by atoms with van der Waals surface area (Å²) in [5.74, 6) is 0. The lowest BCUT2D eigenvalue weighted by Crippen LogP contribution is -2.26. The third-order valence-electron chi connectivity index (χ3n) is 2.91. The van der Waals surface area contributed by atoms with Crippen LogP contribution in [0.1, 0.15) is 36.4 Å². The van der Waals surface area contributed by atoms with Crippen molar-refractivity contribution in [2.24, 2.45) is 0 Å². The van der Waals surface area contributed by atoms with Crippen LogP contribution < -0.4 is 5.32 Å². The van der Waals surface area contributed by atoms with Gasteiger partial charge in [-0.2, -0.15) is 0 Å². The van der Waals surface area contributed by atoms with Gasteiger partial charge in [0.25, 0.3) is 0 Å². The minimum absolute atomic E-state index is 0.570. The molecule has 14 heavy (non-hydrogen) atoms. The van der Waals surface area contributed by atoms with Crippen molar-refractivity contribution in [3.63, 3.8) is 0 Å². The number of nitrogens with one attached hydrogen (secondary N) is 1. The Balaban J connectivity index is 2.18. The normalized spacial score (nSPS) is 22.3. The van der Waals surface area contributed by atoms with E-state index in [0.717, 1.165) is 6.54 Å². The van der Waals surface area contributed by atoms with Crippen LogP contribution in [-0.4, -0.2) is 6.54 Å². The molecule has 1 fully saturated rings. The van der Waals surface area contributed by atoms with E-state index in [2.05, 4.69) is 46.4 Å². The van der Waals surface area contributed by atoms with Crippen molar-refractivity contribution >= 4 is 15.9 Å². The maximum atomic E-state index is 3.58. The molecule has 0 spiro atoms. The lowest BCUT2D eigenvalue weighted by Gasteiger charge is -2.24. The average Bonchev–Trinajstić information content (AvgIpc) is 2.23. The fourth-order valence-corrected chi connectivity index (χ4v) is 2.36. The Labute approximate surface area is 94.0 Å². The molecule has 1 aromatic rings. The highest BCUT2D eigenvalue weighted by Gasteiger charge is 2.14. The van der Waals surface area contributed by atoms with E-state index in [4.69, 9.17) is 0 Å². The largest absolute Gasteiger partial charge is 0.310 e. The van der Waals surface area contributed by atoms with E-state index in [-0.39, 0.29) is 0 Å². The predicted octanol–water partition coefficient (Wildman–Crippen LogP) is 3.57. The van der Waals surface area contributed by atoms with Gasteiger partial charge in [0.1, 0.15) is 0 Å². The molecule has 0 unspecified atom stereocenters. The molecular weight excluding hydrogens is 238 g/mol. The van der Waals surface area contributed by atoms with Crippen LogP contribution in [0.25, 0.3) is 0 Å². The molecule has 2 rings (SSSR count). The van der Waals surface area contributed by atoms with Crippen LogP contribution in [0.4, 0.5) is 0 Å². The summed E-state index contributed by atoms with van der Waals surface area (Å²) in [6.45, 7) is 3.29. The van der Waals surface area contributed by atoms with Gasteiger partial charge in [-0.25, -0.2) is 0 Å². The maximum Gasteiger partial charge on any atom is 0.0320 e. The summed E-state index contributed by atoms with van der Waals surface area (Å²) in [5, 5.41) is 3.56. The topological polar surface area (TPSA) is 12.0 Å². The highest BCUT2D eigenvalue weighted by Crippen LogP contribution is 2.26. The number of hydrogen-bond acceptors (Lipinski definition) is 1. The summed E-state index contributed by atoms with van der Waals surface area (Å²) in [7, 11) is 0. The SMILES string of the molecule is Cc1ccc([C@H]2CCCCN2)cc1Br. The molecule has 1 heterocycles. The summed E-state index contributed by atoms with van der Waals surface area (Å²) in [6.07, 6.45) is 3.95. The zero-order valence-corrected chi connectivity index (χ0v) is 10.1. The molecule has 0 saturated carbocycles. The first-order chi connectivity index (χ1) is 6.77. The van der Waals surface area contributed by atoms with Crippen LogP contribution >= 0.6 is 15.9 Å². The van der Waals surface area contributed by atoms with Crippen LogP contribution in [0.15, 0.2) is 22.7 Å². The van der Waals surface area contributed by atoms with Gasteiger partial charge in [-0.15, -0.1) is 0 Å². The van der Waals surface area contributed by atoms with Crippen molar-refractivity contribution in [3.05, 3.63) is 33.8 Å². The molecule has 0 aliphatic carbocycles. The first kappa shape index (κ1) is 10.2. The average molecular weight is 254 g/mol. The monoisotopic (exact) mass is 253 g/mol. The van der Waals surface area contributed by atoms with Gasteiger partial charge < -0.3 is 5.32 Å². The highest BCUT2D eigenvalue weighted by atomic mass is 79.9. The van der Waals surface area contributed by atoms with Crippen molar-refractivity contribution in [3.8, 4) is 0 Å². The van der Waals surface area contributed by atoms with Crippen molar-refractivity contribution in [1.29, 1.82) is 0 Å². The lowest BCUT2D eigenvalue weighted by molar-refractivity contribution is 0.412. The number of halogens is 1. The number of hydrogen-bond donors (Lipinski definition) is 1. The van der Waals surface area contributed by atoms with E-state index in [1.807, 2.05) is 0 Å². The van der Waals surface area contributed by atoms with E-state index < -0.39 is 0 Å². The minimum atomic E-state index is 0.570. The Bertz CT molecular complexity index is 316. The zero-order valence-electron chi connectivity index (χ0n) is 8.52. The molecule has 76 valence electrons. The molecule has 1 nitrogen and oxygen atoms in total. The molecule has 1 aliphatic heterocycles.